The van der Waals surface area contributed by atoms with Gasteiger partial charge >= 0.3 is 12.0 Å². The Morgan fingerprint density at radius 1 is 1.00 bits per heavy atom. The number of nitrogens with one attached hydrogen (secondary N) is 1. The zero-order valence-corrected chi connectivity index (χ0v) is 22.8. The van der Waals surface area contributed by atoms with Crippen LogP contribution in [0, 0.1) is 6.92 Å². The van der Waals surface area contributed by atoms with Crippen LogP contribution in [0.1, 0.15) is 24.5 Å². The smallest absolute Gasteiger partial charge is 0.333 e. The number of rotatable bonds is 15. The number of amides is 2. The number of urea groups is 1. The SMILES string of the molecule is CCOC(Cc1ccc(OCCN(CCCSc2ccccc2)C(=O)Nc2cccc(C)c2)cc1)C(=O)O. The molecule has 3 aromatic carbocycles. The Bertz CT molecular complexity index is 1140. The van der Waals surface area contributed by atoms with E-state index in [-0.39, 0.29) is 12.5 Å². The van der Waals surface area contributed by atoms with Crippen LogP contribution < -0.4 is 10.1 Å². The highest BCUT2D eigenvalue weighted by Crippen LogP contribution is 2.19. The number of nitrogens with zero attached hydrogens (tertiary/aromatic N) is 1. The molecule has 0 fully saturated rings. The number of carboxylic acid groups (broad SMARTS) is 1. The quantitative estimate of drug-likeness (QED) is 0.180. The summed E-state index contributed by atoms with van der Waals surface area (Å²) in [7, 11) is 0. The van der Waals surface area contributed by atoms with E-state index in [1.54, 1.807) is 23.6 Å². The fourth-order valence-corrected chi connectivity index (χ4v) is 4.69. The van der Waals surface area contributed by atoms with Gasteiger partial charge in [0.1, 0.15) is 12.4 Å². The first kappa shape index (κ1) is 29.1. The van der Waals surface area contributed by atoms with Crippen molar-refractivity contribution in [2.45, 2.75) is 37.7 Å². The summed E-state index contributed by atoms with van der Waals surface area (Å²) >= 11 is 1.78. The van der Waals surface area contributed by atoms with E-state index < -0.39 is 12.1 Å². The molecule has 3 rings (SSSR count). The summed E-state index contributed by atoms with van der Waals surface area (Å²) in [5, 5.41) is 12.3. The lowest BCUT2D eigenvalue weighted by molar-refractivity contribution is -0.149. The van der Waals surface area contributed by atoms with Crippen LogP contribution in [-0.2, 0) is 16.0 Å². The number of carbonyl (C=O) groups is 2. The zero-order chi connectivity index (χ0) is 27.2. The zero-order valence-electron chi connectivity index (χ0n) is 22.0. The number of hydrogen-bond donors (Lipinski definition) is 2. The summed E-state index contributed by atoms with van der Waals surface area (Å²) in [4.78, 5) is 27.4. The third-order valence-electron chi connectivity index (χ3n) is 5.76. The highest BCUT2D eigenvalue weighted by Gasteiger charge is 2.18. The Morgan fingerprint density at radius 3 is 2.45 bits per heavy atom. The predicted octanol–water partition coefficient (Wildman–Crippen LogP) is 6.12. The van der Waals surface area contributed by atoms with Crippen molar-refractivity contribution >= 4 is 29.4 Å². The van der Waals surface area contributed by atoms with E-state index in [1.807, 2.05) is 73.7 Å². The summed E-state index contributed by atoms with van der Waals surface area (Å²) in [6.07, 6.45) is 0.268. The van der Waals surface area contributed by atoms with E-state index in [0.29, 0.717) is 32.1 Å². The molecule has 0 aliphatic rings. The van der Waals surface area contributed by atoms with Crippen LogP contribution in [0.3, 0.4) is 0 Å². The molecule has 2 N–H and O–H groups in total. The molecule has 0 aromatic heterocycles. The minimum Gasteiger partial charge on any atom is -0.492 e. The van der Waals surface area contributed by atoms with E-state index >= 15 is 0 Å². The molecule has 8 heteroatoms. The minimum absolute atomic E-state index is 0.158. The predicted molar refractivity (Wildman–Crippen MR) is 152 cm³/mol. The number of aryl methyl sites for hydroxylation is 1. The van der Waals surface area contributed by atoms with Gasteiger partial charge in [-0.15, -0.1) is 11.8 Å². The molecule has 1 atom stereocenters. The molecule has 2 amide bonds. The van der Waals surface area contributed by atoms with Crippen molar-refractivity contribution < 1.29 is 24.2 Å². The molecule has 3 aromatic rings. The van der Waals surface area contributed by atoms with Gasteiger partial charge in [-0.2, -0.15) is 0 Å². The first-order valence-electron chi connectivity index (χ1n) is 12.8. The maximum Gasteiger partial charge on any atom is 0.333 e. The molecule has 0 bridgehead atoms. The Balaban J connectivity index is 1.53. The third kappa shape index (κ3) is 10.1. The maximum absolute atomic E-state index is 13.1. The molecule has 7 nitrogen and oxygen atoms in total. The fraction of sp³-hybridized carbons (Fsp3) is 0.333. The molecule has 0 spiro atoms. The summed E-state index contributed by atoms with van der Waals surface area (Å²) in [5.74, 6) is 0.591. The lowest BCUT2D eigenvalue weighted by atomic mass is 10.1. The second-order valence-electron chi connectivity index (χ2n) is 8.78. The summed E-state index contributed by atoms with van der Waals surface area (Å²) in [6.45, 7) is 5.49. The van der Waals surface area contributed by atoms with E-state index in [2.05, 4.69) is 17.4 Å². The Kier molecular flexibility index (Phi) is 12.0. The maximum atomic E-state index is 13.1. The number of ether oxygens (including phenoxy) is 2. The van der Waals surface area contributed by atoms with Crippen LogP contribution in [0.4, 0.5) is 10.5 Å². The van der Waals surface area contributed by atoms with Crippen LogP contribution in [-0.4, -0.2) is 60.2 Å². The van der Waals surface area contributed by atoms with Gasteiger partial charge in [0, 0.05) is 30.2 Å². The average Bonchev–Trinajstić information content (AvgIpc) is 2.91. The van der Waals surface area contributed by atoms with E-state index in [1.165, 1.54) is 4.90 Å². The van der Waals surface area contributed by atoms with Crippen LogP contribution in [0.5, 0.6) is 5.75 Å². The molecule has 0 aliphatic carbocycles. The van der Waals surface area contributed by atoms with Crippen LogP contribution >= 0.6 is 11.8 Å². The lowest BCUT2D eigenvalue weighted by Gasteiger charge is -2.23. The number of carbonyl (C=O) groups excluding carboxylic acids is 1. The normalized spacial score (nSPS) is 11.5. The van der Waals surface area contributed by atoms with Crippen molar-refractivity contribution in [3.8, 4) is 5.75 Å². The number of hydrogen-bond acceptors (Lipinski definition) is 5. The van der Waals surface area contributed by atoms with Crippen molar-refractivity contribution in [2.24, 2.45) is 0 Å². The lowest BCUT2D eigenvalue weighted by Crippen LogP contribution is -2.38. The molecule has 0 radical (unpaired) electrons. The van der Waals surface area contributed by atoms with Crippen molar-refractivity contribution in [1.29, 1.82) is 0 Å². The largest absolute Gasteiger partial charge is 0.492 e. The van der Waals surface area contributed by atoms with Gasteiger partial charge in [0.25, 0.3) is 0 Å². The number of benzene rings is 3. The first-order chi connectivity index (χ1) is 18.4. The van der Waals surface area contributed by atoms with E-state index in [4.69, 9.17) is 9.47 Å². The molecule has 0 saturated heterocycles. The topological polar surface area (TPSA) is 88.1 Å². The molecule has 0 saturated carbocycles. The first-order valence-corrected chi connectivity index (χ1v) is 13.8. The van der Waals surface area contributed by atoms with Crippen molar-refractivity contribution in [3.63, 3.8) is 0 Å². The molecule has 0 aliphatic heterocycles. The van der Waals surface area contributed by atoms with Crippen molar-refractivity contribution in [2.75, 3.05) is 37.4 Å². The van der Waals surface area contributed by atoms with Gasteiger partial charge < -0.3 is 24.8 Å². The highest BCUT2D eigenvalue weighted by molar-refractivity contribution is 7.99. The molecular weight excluding hydrogens is 500 g/mol. The third-order valence-corrected chi connectivity index (χ3v) is 6.86. The number of anilines is 1. The Hall–Kier alpha value is -3.49. The van der Waals surface area contributed by atoms with Gasteiger partial charge in [-0.25, -0.2) is 9.59 Å². The molecule has 202 valence electrons. The van der Waals surface area contributed by atoms with E-state index in [0.717, 1.165) is 29.0 Å². The van der Waals surface area contributed by atoms with Crippen molar-refractivity contribution in [3.05, 3.63) is 90.0 Å². The van der Waals surface area contributed by atoms with Crippen molar-refractivity contribution in [1.82, 2.24) is 4.90 Å². The Morgan fingerprint density at radius 2 is 1.76 bits per heavy atom. The molecule has 38 heavy (non-hydrogen) atoms. The molecule has 1 unspecified atom stereocenters. The monoisotopic (exact) mass is 536 g/mol. The number of thioether (sulfide) groups is 1. The van der Waals surface area contributed by atoms with Gasteiger partial charge in [-0.3, -0.25) is 0 Å². The summed E-state index contributed by atoms with van der Waals surface area (Å²) in [6, 6.07) is 25.1. The van der Waals surface area contributed by atoms with Gasteiger partial charge in [0.15, 0.2) is 6.10 Å². The fourth-order valence-electron chi connectivity index (χ4n) is 3.83. The summed E-state index contributed by atoms with van der Waals surface area (Å²) < 4.78 is 11.2. The second kappa shape index (κ2) is 15.7. The number of aliphatic carboxylic acids is 1. The molecular formula is C30H36N2O5S. The van der Waals surface area contributed by atoms with Crippen LogP contribution in [0.2, 0.25) is 0 Å². The van der Waals surface area contributed by atoms with Gasteiger partial charge in [0.2, 0.25) is 0 Å². The van der Waals surface area contributed by atoms with Gasteiger partial charge in [-0.05, 0) is 73.5 Å². The van der Waals surface area contributed by atoms with Crippen LogP contribution in [0.15, 0.2) is 83.8 Å². The average molecular weight is 537 g/mol. The number of carboxylic acids is 1. The highest BCUT2D eigenvalue weighted by atomic mass is 32.2. The second-order valence-corrected chi connectivity index (χ2v) is 9.95. The summed E-state index contributed by atoms with van der Waals surface area (Å²) in [5.41, 5.74) is 2.70. The minimum atomic E-state index is -0.974. The van der Waals surface area contributed by atoms with Gasteiger partial charge in [-0.1, -0.05) is 42.5 Å². The van der Waals surface area contributed by atoms with Crippen LogP contribution in [0.25, 0.3) is 0 Å². The standard InChI is InChI=1S/C30H36N2O5S/c1-3-36-28(29(33)34)22-24-13-15-26(16-14-24)37-19-18-32(17-8-20-38-27-11-5-4-6-12-27)30(35)31-25-10-7-9-23(2)21-25/h4-7,9-16,21,28H,3,8,17-20,22H2,1-2H3,(H,31,35)(H,33,34). The molecule has 0 heterocycles. The van der Waals surface area contributed by atoms with E-state index in [9.17, 15) is 14.7 Å². The Labute approximate surface area is 229 Å². The van der Waals surface area contributed by atoms with Gasteiger partial charge in [0.05, 0.1) is 6.54 Å².